The lowest BCUT2D eigenvalue weighted by molar-refractivity contribution is -0.161. The number of hydrogen-bond acceptors (Lipinski definition) is 9. The van der Waals surface area contributed by atoms with Crippen LogP contribution in [0.25, 0.3) is 0 Å². The van der Waals surface area contributed by atoms with Crippen LogP contribution in [-0.2, 0) is 32.7 Å². The summed E-state index contributed by atoms with van der Waals surface area (Å²) in [6.07, 6.45) is 25.3. The van der Waals surface area contributed by atoms with Crippen molar-refractivity contribution in [2.45, 2.75) is 148 Å². The van der Waals surface area contributed by atoms with Gasteiger partial charge in [-0.05, 0) is 44.9 Å². The van der Waals surface area contributed by atoms with Gasteiger partial charge in [-0.15, -0.1) is 0 Å². The van der Waals surface area contributed by atoms with Gasteiger partial charge in [-0.25, -0.2) is 4.57 Å². The minimum absolute atomic E-state index is 0.176. The third-order valence-corrected chi connectivity index (χ3v) is 7.81. The van der Waals surface area contributed by atoms with E-state index in [9.17, 15) is 24.2 Å². The molecule has 3 unspecified atom stereocenters. The number of esters is 2. The molecule has 0 amide bonds. The van der Waals surface area contributed by atoms with E-state index >= 15 is 0 Å². The Labute approximate surface area is 266 Å². The molecule has 0 radical (unpaired) electrons. The Morgan fingerprint density at radius 2 is 1.18 bits per heavy atom. The molecule has 11 heteroatoms. The van der Waals surface area contributed by atoms with Crippen molar-refractivity contribution in [3.63, 3.8) is 0 Å². The van der Waals surface area contributed by atoms with E-state index in [1.54, 1.807) is 0 Å². The monoisotopic (exact) mass is 648 g/mol. The summed E-state index contributed by atoms with van der Waals surface area (Å²) in [5.74, 6) is -0.964. The molecule has 0 aromatic rings. The maximum atomic E-state index is 12.4. The number of aliphatic hydroxyl groups is 2. The molecule has 0 aliphatic carbocycles. The van der Waals surface area contributed by atoms with E-state index in [-0.39, 0.29) is 19.4 Å². The smallest absolute Gasteiger partial charge is 0.462 e. The van der Waals surface area contributed by atoms with E-state index in [1.165, 1.54) is 44.9 Å². The molecular weight excluding hydrogens is 587 g/mol. The number of hydrogen-bond donors (Lipinski definition) is 3. The van der Waals surface area contributed by atoms with Crippen molar-refractivity contribution >= 4 is 19.8 Å². The van der Waals surface area contributed by atoms with Crippen LogP contribution in [0.4, 0.5) is 0 Å². The molecule has 0 rings (SSSR count). The van der Waals surface area contributed by atoms with Crippen LogP contribution in [-0.4, -0.2) is 65.7 Å². The molecule has 0 aromatic heterocycles. The van der Waals surface area contributed by atoms with E-state index in [1.807, 2.05) is 6.92 Å². The molecular formula is C33H61O10P. The third kappa shape index (κ3) is 29.2. The molecule has 0 aliphatic rings. The lowest BCUT2D eigenvalue weighted by Crippen LogP contribution is -2.29. The van der Waals surface area contributed by atoms with E-state index in [2.05, 4.69) is 35.8 Å². The number of unbranched alkanes of at least 4 members (excludes halogenated alkanes) is 13. The summed E-state index contributed by atoms with van der Waals surface area (Å²) < 4.78 is 32.1. The number of aliphatic hydroxyl groups excluding tert-OH is 2. The molecule has 0 bridgehead atoms. The quantitative estimate of drug-likeness (QED) is 0.0299. The molecule has 0 heterocycles. The van der Waals surface area contributed by atoms with Gasteiger partial charge in [0.1, 0.15) is 12.7 Å². The van der Waals surface area contributed by atoms with E-state index in [0.717, 1.165) is 51.4 Å². The fourth-order valence-corrected chi connectivity index (χ4v) is 4.99. The van der Waals surface area contributed by atoms with E-state index in [0.29, 0.717) is 12.8 Å². The van der Waals surface area contributed by atoms with Gasteiger partial charge in [0.05, 0.1) is 19.8 Å². The van der Waals surface area contributed by atoms with Crippen molar-refractivity contribution in [3.8, 4) is 0 Å². The molecule has 44 heavy (non-hydrogen) atoms. The molecule has 3 N–H and O–H groups in total. The van der Waals surface area contributed by atoms with Gasteiger partial charge in [0.25, 0.3) is 0 Å². The Morgan fingerprint density at radius 1 is 0.682 bits per heavy atom. The molecule has 0 saturated carbocycles. The van der Waals surface area contributed by atoms with Gasteiger partial charge < -0.3 is 24.6 Å². The summed E-state index contributed by atoms with van der Waals surface area (Å²) in [6.45, 7) is 2.13. The summed E-state index contributed by atoms with van der Waals surface area (Å²) in [6, 6.07) is 0. The molecule has 3 atom stereocenters. The largest absolute Gasteiger partial charge is 0.472 e. The van der Waals surface area contributed by atoms with Crippen LogP contribution >= 0.6 is 7.82 Å². The highest BCUT2D eigenvalue weighted by atomic mass is 31.2. The van der Waals surface area contributed by atoms with Crippen LogP contribution in [0.5, 0.6) is 0 Å². The maximum absolute atomic E-state index is 12.4. The van der Waals surface area contributed by atoms with Gasteiger partial charge in [-0.1, -0.05) is 102 Å². The lowest BCUT2D eigenvalue weighted by Gasteiger charge is -2.20. The topological polar surface area (TPSA) is 149 Å². The average molecular weight is 649 g/mol. The van der Waals surface area contributed by atoms with Crippen molar-refractivity contribution in [1.82, 2.24) is 0 Å². The van der Waals surface area contributed by atoms with Crippen molar-refractivity contribution in [1.29, 1.82) is 0 Å². The summed E-state index contributed by atoms with van der Waals surface area (Å²) in [7, 11) is -4.59. The first kappa shape index (κ1) is 42.5. The third-order valence-electron chi connectivity index (χ3n) is 6.86. The molecule has 0 saturated heterocycles. The second-order valence-electron chi connectivity index (χ2n) is 11.2. The first-order valence-corrected chi connectivity index (χ1v) is 18.3. The minimum Gasteiger partial charge on any atom is -0.462 e. The van der Waals surface area contributed by atoms with Crippen molar-refractivity contribution in [2.24, 2.45) is 0 Å². The normalized spacial score (nSPS) is 14.6. The number of allylic oxidation sites excluding steroid dienone is 4. The predicted octanol–water partition coefficient (Wildman–Crippen LogP) is 7.49. The Kier molecular flexibility index (Phi) is 29.1. The lowest BCUT2D eigenvalue weighted by atomic mass is 10.1. The molecule has 0 aliphatic heterocycles. The number of phosphoric ester groups is 1. The van der Waals surface area contributed by atoms with E-state index < -0.39 is 51.8 Å². The SMILES string of the molecule is CCCCCC/C=C\C/C=C\CCCCCCCCCC(=O)OC(COC(=O)CCCCC)COP(=O)(O)OCC(O)CO. The minimum atomic E-state index is -4.59. The second-order valence-corrected chi connectivity index (χ2v) is 12.6. The van der Waals surface area contributed by atoms with Crippen LogP contribution in [0, 0.1) is 0 Å². The Morgan fingerprint density at radius 3 is 1.80 bits per heavy atom. The number of carbonyl (C=O) groups excluding carboxylic acids is 2. The Hall–Kier alpha value is -1.55. The zero-order valence-electron chi connectivity index (χ0n) is 27.4. The van der Waals surface area contributed by atoms with Gasteiger partial charge in [0, 0.05) is 12.8 Å². The number of carbonyl (C=O) groups is 2. The average Bonchev–Trinajstić information content (AvgIpc) is 3.00. The van der Waals surface area contributed by atoms with Crippen LogP contribution in [0.1, 0.15) is 136 Å². The highest BCUT2D eigenvalue weighted by Crippen LogP contribution is 2.43. The molecule has 258 valence electrons. The molecule has 0 spiro atoms. The maximum Gasteiger partial charge on any atom is 0.472 e. The summed E-state index contributed by atoms with van der Waals surface area (Å²) in [5.41, 5.74) is 0. The summed E-state index contributed by atoms with van der Waals surface area (Å²) in [4.78, 5) is 34.2. The molecule has 0 fully saturated rings. The summed E-state index contributed by atoms with van der Waals surface area (Å²) >= 11 is 0. The predicted molar refractivity (Wildman–Crippen MR) is 173 cm³/mol. The van der Waals surface area contributed by atoms with Crippen molar-refractivity contribution in [2.75, 3.05) is 26.4 Å². The fourth-order valence-electron chi connectivity index (χ4n) is 4.20. The standard InChI is InChI=1S/C33H61O10P/c1-3-5-7-8-9-10-11-12-13-14-15-16-17-18-19-20-21-23-25-33(37)43-31(28-40-32(36)24-22-6-4-2)29-42-44(38,39)41-27-30(35)26-34/h10-11,13-14,30-31,34-35H,3-9,12,15-29H2,1-2H3,(H,38,39)/b11-10-,14-13-. The fraction of sp³-hybridized carbons (Fsp3) is 0.818. The van der Waals surface area contributed by atoms with Crippen LogP contribution in [0.2, 0.25) is 0 Å². The van der Waals surface area contributed by atoms with Crippen molar-refractivity contribution in [3.05, 3.63) is 24.3 Å². The van der Waals surface area contributed by atoms with Gasteiger partial charge in [0.15, 0.2) is 6.10 Å². The van der Waals surface area contributed by atoms with Crippen molar-refractivity contribution < 1.29 is 47.8 Å². The molecule has 0 aromatic carbocycles. The second kappa shape index (κ2) is 30.1. The van der Waals surface area contributed by atoms with Gasteiger partial charge >= 0.3 is 19.8 Å². The van der Waals surface area contributed by atoms with Gasteiger partial charge in [-0.3, -0.25) is 18.6 Å². The number of rotatable bonds is 31. The number of ether oxygens (including phenoxy) is 2. The van der Waals surface area contributed by atoms with Crippen LogP contribution < -0.4 is 0 Å². The highest BCUT2D eigenvalue weighted by molar-refractivity contribution is 7.47. The Bertz CT molecular complexity index is 801. The van der Waals surface area contributed by atoms with E-state index in [4.69, 9.17) is 19.1 Å². The first-order chi connectivity index (χ1) is 21.2. The zero-order chi connectivity index (χ0) is 32.7. The van der Waals surface area contributed by atoms with Gasteiger partial charge in [0.2, 0.25) is 0 Å². The van der Waals surface area contributed by atoms with Crippen LogP contribution in [0.3, 0.4) is 0 Å². The number of phosphoric acid groups is 1. The molecule has 10 nitrogen and oxygen atoms in total. The highest BCUT2D eigenvalue weighted by Gasteiger charge is 2.27. The Balaban J connectivity index is 4.19. The summed E-state index contributed by atoms with van der Waals surface area (Å²) in [5, 5.41) is 18.1. The zero-order valence-corrected chi connectivity index (χ0v) is 28.3. The van der Waals surface area contributed by atoms with Crippen LogP contribution in [0.15, 0.2) is 24.3 Å². The van der Waals surface area contributed by atoms with Gasteiger partial charge in [-0.2, -0.15) is 0 Å². The first-order valence-electron chi connectivity index (χ1n) is 16.8.